The van der Waals surface area contributed by atoms with E-state index < -0.39 is 4.92 Å². The molecule has 1 aromatic rings. The molecule has 0 aromatic carbocycles. The summed E-state index contributed by atoms with van der Waals surface area (Å²) in [6.07, 6.45) is 0. The minimum absolute atomic E-state index is 0.166. The van der Waals surface area contributed by atoms with Gasteiger partial charge in [0, 0.05) is 13.1 Å². The zero-order valence-electron chi connectivity index (χ0n) is 9.46. The van der Waals surface area contributed by atoms with Gasteiger partial charge < -0.3 is 9.73 Å². The number of nitrogens with one attached hydrogen (secondary N) is 1. The van der Waals surface area contributed by atoms with Crippen molar-refractivity contribution in [3.63, 3.8) is 0 Å². The molecule has 0 amide bonds. The first-order chi connectivity index (χ1) is 8.22. The maximum Gasteiger partial charge on any atom is 0.433 e. The summed E-state index contributed by atoms with van der Waals surface area (Å²) in [6.45, 7) is 5.00. The van der Waals surface area contributed by atoms with Crippen LogP contribution in [-0.4, -0.2) is 36.0 Å². The summed E-state index contributed by atoms with van der Waals surface area (Å²) in [7, 11) is 0. The van der Waals surface area contributed by atoms with Gasteiger partial charge in [0.1, 0.15) is 10.7 Å². The van der Waals surface area contributed by atoms with Gasteiger partial charge in [-0.15, -0.1) is 0 Å². The molecule has 0 radical (unpaired) electrons. The Morgan fingerprint density at radius 1 is 1.41 bits per heavy atom. The third-order valence-electron chi connectivity index (χ3n) is 3.67. The zero-order valence-corrected chi connectivity index (χ0v) is 9.46. The van der Waals surface area contributed by atoms with E-state index in [1.54, 1.807) is 6.07 Å². The highest BCUT2D eigenvalue weighted by atomic mass is 16.6. The molecule has 2 aliphatic heterocycles. The van der Waals surface area contributed by atoms with Gasteiger partial charge in [-0.1, -0.05) is 0 Å². The number of hydrogen-bond donors (Lipinski definition) is 1. The van der Waals surface area contributed by atoms with Gasteiger partial charge in [-0.2, -0.15) is 0 Å². The highest BCUT2D eigenvalue weighted by Gasteiger charge is 2.36. The molecule has 92 valence electrons. The first-order valence-electron chi connectivity index (χ1n) is 5.88. The van der Waals surface area contributed by atoms with E-state index in [1.807, 2.05) is 0 Å². The number of likely N-dealkylation sites (tertiary alicyclic amines) is 1. The van der Waals surface area contributed by atoms with Crippen molar-refractivity contribution in [2.75, 3.05) is 26.2 Å². The van der Waals surface area contributed by atoms with Crippen LogP contribution in [0.1, 0.15) is 5.76 Å². The van der Waals surface area contributed by atoms with Gasteiger partial charge in [0.05, 0.1) is 12.6 Å². The predicted octanol–water partition coefficient (Wildman–Crippen LogP) is 0.839. The van der Waals surface area contributed by atoms with Crippen molar-refractivity contribution in [3.05, 3.63) is 28.0 Å². The maximum absolute atomic E-state index is 10.5. The number of hydrogen-bond acceptors (Lipinski definition) is 5. The first-order valence-corrected chi connectivity index (χ1v) is 5.88. The van der Waals surface area contributed by atoms with Gasteiger partial charge in [0.2, 0.25) is 0 Å². The Hall–Kier alpha value is -1.40. The van der Waals surface area contributed by atoms with E-state index >= 15 is 0 Å². The molecule has 1 N–H and O–H groups in total. The predicted molar refractivity (Wildman–Crippen MR) is 60.5 cm³/mol. The lowest BCUT2D eigenvalue weighted by molar-refractivity contribution is -0.402. The van der Waals surface area contributed by atoms with E-state index in [0.29, 0.717) is 12.3 Å². The fraction of sp³-hybridized carbons (Fsp3) is 0.636. The molecule has 6 nitrogen and oxygen atoms in total. The van der Waals surface area contributed by atoms with Gasteiger partial charge in [0.15, 0.2) is 0 Å². The Morgan fingerprint density at radius 3 is 2.71 bits per heavy atom. The van der Waals surface area contributed by atoms with Crippen LogP contribution in [0.5, 0.6) is 0 Å². The summed E-state index contributed by atoms with van der Waals surface area (Å²) >= 11 is 0. The second kappa shape index (κ2) is 4.12. The molecule has 3 heterocycles. The largest absolute Gasteiger partial charge is 0.433 e. The summed E-state index contributed by atoms with van der Waals surface area (Å²) in [5.74, 6) is 1.99. The highest BCUT2D eigenvalue weighted by molar-refractivity contribution is 5.17. The minimum atomic E-state index is -0.494. The van der Waals surface area contributed by atoms with Gasteiger partial charge in [-0.3, -0.25) is 15.0 Å². The Kier molecular flexibility index (Phi) is 2.60. The van der Waals surface area contributed by atoms with Gasteiger partial charge in [-0.25, -0.2) is 0 Å². The number of fused-ring (bicyclic) bond motifs is 1. The van der Waals surface area contributed by atoms with Gasteiger partial charge in [-0.05, 0) is 31.0 Å². The highest BCUT2D eigenvalue weighted by Crippen LogP contribution is 2.28. The quantitative estimate of drug-likeness (QED) is 0.623. The van der Waals surface area contributed by atoms with Crippen LogP contribution in [0.4, 0.5) is 5.88 Å². The van der Waals surface area contributed by atoms with E-state index in [-0.39, 0.29) is 5.88 Å². The summed E-state index contributed by atoms with van der Waals surface area (Å²) in [4.78, 5) is 12.3. The number of furan rings is 1. The topological polar surface area (TPSA) is 71.6 Å². The average molecular weight is 237 g/mol. The van der Waals surface area contributed by atoms with Gasteiger partial charge in [0.25, 0.3) is 0 Å². The van der Waals surface area contributed by atoms with Crippen molar-refractivity contribution in [3.8, 4) is 0 Å². The van der Waals surface area contributed by atoms with Crippen molar-refractivity contribution in [2.45, 2.75) is 6.54 Å². The van der Waals surface area contributed by atoms with E-state index in [0.717, 1.165) is 38.0 Å². The lowest BCUT2D eigenvalue weighted by Crippen LogP contribution is -2.25. The molecule has 0 bridgehead atoms. The second-order valence-electron chi connectivity index (χ2n) is 4.87. The summed E-state index contributed by atoms with van der Waals surface area (Å²) in [5, 5.41) is 13.9. The molecule has 2 atom stereocenters. The van der Waals surface area contributed by atoms with E-state index in [4.69, 9.17) is 4.42 Å². The molecular weight excluding hydrogens is 222 g/mol. The second-order valence-corrected chi connectivity index (χ2v) is 4.87. The number of nitro groups is 1. The monoisotopic (exact) mass is 237 g/mol. The van der Waals surface area contributed by atoms with E-state index in [2.05, 4.69) is 10.2 Å². The van der Waals surface area contributed by atoms with Crippen molar-refractivity contribution >= 4 is 5.88 Å². The molecule has 2 fully saturated rings. The Bertz CT molecular complexity index is 419. The summed E-state index contributed by atoms with van der Waals surface area (Å²) in [5.41, 5.74) is 0. The van der Waals surface area contributed by atoms with Crippen molar-refractivity contribution in [1.82, 2.24) is 10.2 Å². The molecule has 6 heteroatoms. The molecule has 1 aromatic heterocycles. The van der Waals surface area contributed by atoms with Crippen LogP contribution in [0.2, 0.25) is 0 Å². The zero-order chi connectivity index (χ0) is 11.8. The molecule has 2 saturated heterocycles. The lowest BCUT2D eigenvalue weighted by atomic mass is 10.0. The molecular formula is C11H15N3O3. The van der Waals surface area contributed by atoms with Crippen molar-refractivity contribution in [1.29, 1.82) is 0 Å². The standard InChI is InChI=1S/C11H15N3O3/c15-14(16)11-2-1-10(17-11)7-13-5-8-3-12-4-9(8)6-13/h1-2,8-9,12H,3-7H2/t8-,9+. The van der Waals surface area contributed by atoms with Crippen LogP contribution >= 0.6 is 0 Å². The van der Waals surface area contributed by atoms with Crippen LogP contribution in [0, 0.1) is 22.0 Å². The SMILES string of the molecule is O=[N+]([O-])c1ccc(CN2C[C@H]3CNC[C@H]3C2)o1. The minimum Gasteiger partial charge on any atom is -0.404 e. The van der Waals surface area contributed by atoms with Gasteiger partial charge >= 0.3 is 5.88 Å². The van der Waals surface area contributed by atoms with E-state index in [1.165, 1.54) is 6.07 Å². The van der Waals surface area contributed by atoms with Crippen LogP contribution in [0.15, 0.2) is 16.5 Å². The van der Waals surface area contributed by atoms with Crippen molar-refractivity contribution in [2.24, 2.45) is 11.8 Å². The molecule has 17 heavy (non-hydrogen) atoms. The fourth-order valence-electron chi connectivity index (χ4n) is 2.85. The molecule has 3 rings (SSSR count). The normalized spacial score (nSPS) is 28.5. The lowest BCUT2D eigenvalue weighted by Gasteiger charge is -2.14. The van der Waals surface area contributed by atoms with Crippen LogP contribution in [0.25, 0.3) is 0 Å². The van der Waals surface area contributed by atoms with Crippen LogP contribution in [0.3, 0.4) is 0 Å². The smallest absolute Gasteiger partial charge is 0.404 e. The molecule has 0 spiro atoms. The Morgan fingerprint density at radius 2 is 2.12 bits per heavy atom. The Balaban J connectivity index is 1.61. The third-order valence-corrected chi connectivity index (χ3v) is 3.67. The molecule has 2 aliphatic rings. The van der Waals surface area contributed by atoms with Crippen molar-refractivity contribution < 1.29 is 9.34 Å². The number of nitrogens with zero attached hydrogens (tertiary/aromatic N) is 2. The Labute approximate surface area is 98.7 Å². The first kappa shape index (κ1) is 10.7. The fourth-order valence-corrected chi connectivity index (χ4v) is 2.85. The maximum atomic E-state index is 10.5. The van der Waals surface area contributed by atoms with Crippen LogP contribution in [-0.2, 0) is 6.54 Å². The number of rotatable bonds is 3. The summed E-state index contributed by atoms with van der Waals surface area (Å²) < 4.78 is 5.17. The molecule has 0 saturated carbocycles. The average Bonchev–Trinajstić information content (AvgIpc) is 2.91. The van der Waals surface area contributed by atoms with Crippen LogP contribution < -0.4 is 5.32 Å². The molecule has 0 aliphatic carbocycles. The molecule has 0 unspecified atom stereocenters. The summed E-state index contributed by atoms with van der Waals surface area (Å²) in [6, 6.07) is 3.12. The van der Waals surface area contributed by atoms with E-state index in [9.17, 15) is 10.1 Å². The third kappa shape index (κ3) is 2.05.